The van der Waals surface area contributed by atoms with Crippen LogP contribution in [0.4, 0.5) is 8.78 Å². The van der Waals surface area contributed by atoms with Crippen molar-refractivity contribution in [1.29, 1.82) is 0 Å². The molecule has 0 aromatic heterocycles. The van der Waals surface area contributed by atoms with E-state index in [0.29, 0.717) is 11.3 Å². The molecule has 112 valence electrons. The van der Waals surface area contributed by atoms with Crippen LogP contribution in [0.1, 0.15) is 17.2 Å². The minimum atomic E-state index is -0.509. The van der Waals surface area contributed by atoms with Crippen molar-refractivity contribution in [1.82, 2.24) is 5.32 Å². The molecule has 1 nitrogen and oxygen atoms in total. The maximum Gasteiger partial charge on any atom is 0.133 e. The average Bonchev–Trinajstić information content (AvgIpc) is 2.48. The first-order chi connectivity index (χ1) is 10.0. The van der Waals surface area contributed by atoms with Gasteiger partial charge in [0.2, 0.25) is 0 Å². The SMILES string of the molecule is CNC(CSc1ccccc1Br)c1c(F)ccc(C)c1F. The Morgan fingerprint density at radius 2 is 1.90 bits per heavy atom. The third kappa shape index (κ3) is 3.84. The molecule has 0 saturated heterocycles. The Hall–Kier alpha value is -0.910. The number of hydrogen-bond donors (Lipinski definition) is 1. The van der Waals surface area contributed by atoms with Crippen molar-refractivity contribution in [3.05, 3.63) is 63.6 Å². The van der Waals surface area contributed by atoms with Gasteiger partial charge < -0.3 is 5.32 Å². The van der Waals surface area contributed by atoms with Crippen LogP contribution >= 0.6 is 27.7 Å². The lowest BCUT2D eigenvalue weighted by Gasteiger charge is -2.19. The zero-order valence-corrected chi connectivity index (χ0v) is 14.2. The standard InChI is InChI=1S/C16H16BrF2NS/c1-10-7-8-12(18)15(16(10)19)13(20-2)9-21-14-6-4-3-5-11(14)17/h3-8,13,20H,9H2,1-2H3. The summed E-state index contributed by atoms with van der Waals surface area (Å²) in [4.78, 5) is 1.05. The Kier molecular flexibility index (Phi) is 5.79. The molecule has 2 aromatic rings. The molecule has 0 amide bonds. The zero-order chi connectivity index (χ0) is 15.4. The van der Waals surface area contributed by atoms with Gasteiger partial charge in [0, 0.05) is 26.7 Å². The second kappa shape index (κ2) is 7.38. The highest BCUT2D eigenvalue weighted by Crippen LogP contribution is 2.32. The van der Waals surface area contributed by atoms with Gasteiger partial charge in [-0.05, 0) is 53.7 Å². The molecule has 0 radical (unpaired) electrons. The summed E-state index contributed by atoms with van der Waals surface area (Å²) < 4.78 is 29.2. The second-order valence-electron chi connectivity index (χ2n) is 4.67. The number of benzene rings is 2. The molecular formula is C16H16BrF2NS. The number of halogens is 3. The molecule has 0 aliphatic carbocycles. The van der Waals surface area contributed by atoms with Crippen LogP contribution in [0.15, 0.2) is 45.8 Å². The van der Waals surface area contributed by atoms with E-state index in [-0.39, 0.29) is 11.6 Å². The highest BCUT2D eigenvalue weighted by Gasteiger charge is 2.20. The van der Waals surface area contributed by atoms with Crippen LogP contribution in [0, 0.1) is 18.6 Å². The van der Waals surface area contributed by atoms with Crippen LogP contribution in [-0.4, -0.2) is 12.8 Å². The van der Waals surface area contributed by atoms with E-state index < -0.39 is 11.6 Å². The van der Waals surface area contributed by atoms with Crippen molar-refractivity contribution in [3.63, 3.8) is 0 Å². The number of aryl methyl sites for hydroxylation is 1. The molecule has 1 atom stereocenters. The van der Waals surface area contributed by atoms with Crippen LogP contribution in [0.25, 0.3) is 0 Å². The Bertz CT molecular complexity index is 634. The van der Waals surface area contributed by atoms with Crippen LogP contribution in [0.2, 0.25) is 0 Å². The van der Waals surface area contributed by atoms with Crippen LogP contribution < -0.4 is 5.32 Å². The lowest BCUT2D eigenvalue weighted by molar-refractivity contribution is 0.509. The average molecular weight is 372 g/mol. The minimum absolute atomic E-state index is 0.108. The second-order valence-corrected chi connectivity index (χ2v) is 6.59. The first-order valence-corrected chi connectivity index (χ1v) is 8.31. The fourth-order valence-electron chi connectivity index (χ4n) is 2.04. The molecule has 0 spiro atoms. The van der Waals surface area contributed by atoms with E-state index >= 15 is 0 Å². The third-order valence-electron chi connectivity index (χ3n) is 3.26. The van der Waals surface area contributed by atoms with Gasteiger partial charge in [-0.25, -0.2) is 8.78 Å². The van der Waals surface area contributed by atoms with Crippen LogP contribution in [-0.2, 0) is 0 Å². The summed E-state index contributed by atoms with van der Waals surface area (Å²) in [6.07, 6.45) is 0. The fourth-order valence-corrected chi connectivity index (χ4v) is 3.73. The van der Waals surface area contributed by atoms with Gasteiger partial charge in [0.1, 0.15) is 11.6 Å². The highest BCUT2D eigenvalue weighted by atomic mass is 79.9. The molecule has 1 unspecified atom stereocenters. The molecule has 0 saturated carbocycles. The molecule has 2 aromatic carbocycles. The highest BCUT2D eigenvalue weighted by molar-refractivity contribution is 9.10. The predicted octanol–water partition coefficient (Wildman–Crippen LogP) is 5.09. The van der Waals surface area contributed by atoms with E-state index in [1.54, 1.807) is 25.7 Å². The summed E-state index contributed by atoms with van der Waals surface area (Å²) in [5.41, 5.74) is 0.564. The van der Waals surface area contributed by atoms with E-state index in [2.05, 4.69) is 21.2 Å². The van der Waals surface area contributed by atoms with Gasteiger partial charge in [-0.15, -0.1) is 11.8 Å². The normalized spacial score (nSPS) is 12.4. The first kappa shape index (κ1) is 16.5. The van der Waals surface area contributed by atoms with Gasteiger partial charge in [0.15, 0.2) is 0 Å². The Balaban J connectivity index is 2.22. The first-order valence-electron chi connectivity index (χ1n) is 6.53. The molecule has 0 aliphatic rings. The van der Waals surface area contributed by atoms with Crippen molar-refractivity contribution < 1.29 is 8.78 Å². The van der Waals surface area contributed by atoms with Gasteiger partial charge in [0.25, 0.3) is 0 Å². The number of nitrogens with one attached hydrogen (secondary N) is 1. The van der Waals surface area contributed by atoms with Crippen molar-refractivity contribution in [2.45, 2.75) is 17.9 Å². The van der Waals surface area contributed by atoms with Gasteiger partial charge in [-0.2, -0.15) is 0 Å². The van der Waals surface area contributed by atoms with Crippen molar-refractivity contribution in [3.8, 4) is 0 Å². The molecule has 0 bridgehead atoms. The molecular weight excluding hydrogens is 356 g/mol. The largest absolute Gasteiger partial charge is 0.312 e. The molecule has 2 rings (SSSR count). The predicted molar refractivity (Wildman–Crippen MR) is 87.8 cm³/mol. The molecule has 0 heterocycles. The lowest BCUT2D eigenvalue weighted by Crippen LogP contribution is -2.22. The topological polar surface area (TPSA) is 12.0 Å². The summed E-state index contributed by atoms with van der Waals surface area (Å²) in [5, 5.41) is 3.00. The summed E-state index contributed by atoms with van der Waals surface area (Å²) in [7, 11) is 1.71. The molecule has 21 heavy (non-hydrogen) atoms. The van der Waals surface area contributed by atoms with E-state index in [1.807, 2.05) is 24.3 Å². The zero-order valence-electron chi connectivity index (χ0n) is 11.8. The van der Waals surface area contributed by atoms with Crippen molar-refractivity contribution >= 4 is 27.7 Å². The van der Waals surface area contributed by atoms with Gasteiger partial charge in [-0.1, -0.05) is 18.2 Å². The van der Waals surface area contributed by atoms with Gasteiger partial charge in [0.05, 0.1) is 0 Å². The summed E-state index contributed by atoms with van der Waals surface area (Å²) in [6, 6.07) is 10.2. The number of thioether (sulfide) groups is 1. The van der Waals surface area contributed by atoms with E-state index in [0.717, 1.165) is 9.37 Å². The number of rotatable bonds is 5. The lowest BCUT2D eigenvalue weighted by atomic mass is 10.0. The van der Waals surface area contributed by atoms with E-state index in [4.69, 9.17) is 0 Å². The van der Waals surface area contributed by atoms with Crippen molar-refractivity contribution in [2.24, 2.45) is 0 Å². The summed E-state index contributed by atoms with van der Waals surface area (Å²) >= 11 is 5.03. The smallest absolute Gasteiger partial charge is 0.133 e. The van der Waals surface area contributed by atoms with Crippen LogP contribution in [0.3, 0.4) is 0 Å². The Labute approximate surface area is 136 Å². The quantitative estimate of drug-likeness (QED) is 0.734. The third-order valence-corrected chi connectivity index (χ3v) is 5.38. The monoisotopic (exact) mass is 371 g/mol. The van der Waals surface area contributed by atoms with Crippen molar-refractivity contribution in [2.75, 3.05) is 12.8 Å². The minimum Gasteiger partial charge on any atom is -0.312 e. The number of hydrogen-bond acceptors (Lipinski definition) is 2. The fraction of sp³-hybridized carbons (Fsp3) is 0.250. The van der Waals surface area contributed by atoms with E-state index in [1.165, 1.54) is 12.1 Å². The Morgan fingerprint density at radius 1 is 1.19 bits per heavy atom. The van der Waals surface area contributed by atoms with Gasteiger partial charge >= 0.3 is 0 Å². The molecule has 1 N–H and O–H groups in total. The maximum atomic E-state index is 14.2. The summed E-state index contributed by atoms with van der Waals surface area (Å²) in [6.45, 7) is 1.64. The molecule has 0 aliphatic heterocycles. The van der Waals surface area contributed by atoms with E-state index in [9.17, 15) is 8.78 Å². The molecule has 0 fully saturated rings. The van der Waals surface area contributed by atoms with Crippen LogP contribution in [0.5, 0.6) is 0 Å². The Morgan fingerprint density at radius 3 is 2.57 bits per heavy atom. The molecule has 5 heteroatoms. The van der Waals surface area contributed by atoms with Gasteiger partial charge in [-0.3, -0.25) is 0 Å². The maximum absolute atomic E-state index is 14.2. The summed E-state index contributed by atoms with van der Waals surface area (Å²) in [5.74, 6) is -0.441.